The van der Waals surface area contributed by atoms with E-state index in [1.807, 2.05) is 4.90 Å². The SMILES string of the molecule is O=CN1CCN(C(=O)CCc2nc3c(s2)CCCC3)CC1. The van der Waals surface area contributed by atoms with Gasteiger partial charge in [-0.15, -0.1) is 11.3 Å². The normalized spacial score (nSPS) is 18.5. The number of piperazine rings is 1. The number of amides is 2. The van der Waals surface area contributed by atoms with Crippen LogP contribution in [-0.4, -0.2) is 53.3 Å². The first-order valence-corrected chi connectivity index (χ1v) is 8.52. The van der Waals surface area contributed by atoms with E-state index in [1.54, 1.807) is 16.2 Å². The molecule has 0 radical (unpaired) electrons. The molecule has 2 amide bonds. The van der Waals surface area contributed by atoms with Crippen molar-refractivity contribution in [1.29, 1.82) is 0 Å². The molecule has 0 bridgehead atoms. The van der Waals surface area contributed by atoms with Crippen molar-refractivity contribution in [3.05, 3.63) is 15.6 Å². The zero-order valence-electron chi connectivity index (χ0n) is 12.2. The van der Waals surface area contributed by atoms with Crippen molar-refractivity contribution >= 4 is 23.7 Å². The van der Waals surface area contributed by atoms with E-state index in [0.717, 1.165) is 30.7 Å². The van der Waals surface area contributed by atoms with E-state index in [1.165, 1.54) is 23.4 Å². The van der Waals surface area contributed by atoms with Gasteiger partial charge in [0.25, 0.3) is 0 Å². The zero-order chi connectivity index (χ0) is 14.7. The Hall–Kier alpha value is -1.43. The van der Waals surface area contributed by atoms with Crippen LogP contribution < -0.4 is 0 Å². The summed E-state index contributed by atoms with van der Waals surface area (Å²) in [6, 6.07) is 0. The molecule has 0 aromatic carbocycles. The average molecular weight is 307 g/mol. The van der Waals surface area contributed by atoms with Gasteiger partial charge in [0.05, 0.1) is 10.7 Å². The number of rotatable bonds is 4. The van der Waals surface area contributed by atoms with Crippen molar-refractivity contribution in [3.8, 4) is 0 Å². The van der Waals surface area contributed by atoms with E-state index in [-0.39, 0.29) is 5.91 Å². The highest BCUT2D eigenvalue weighted by Crippen LogP contribution is 2.27. The quantitative estimate of drug-likeness (QED) is 0.787. The minimum Gasteiger partial charge on any atom is -0.342 e. The van der Waals surface area contributed by atoms with Crippen LogP contribution in [0.1, 0.15) is 34.8 Å². The molecular formula is C15H21N3O2S. The van der Waals surface area contributed by atoms with Gasteiger partial charge >= 0.3 is 0 Å². The summed E-state index contributed by atoms with van der Waals surface area (Å²) < 4.78 is 0. The van der Waals surface area contributed by atoms with Gasteiger partial charge in [0, 0.05) is 43.9 Å². The van der Waals surface area contributed by atoms with E-state index in [9.17, 15) is 9.59 Å². The topological polar surface area (TPSA) is 53.5 Å². The molecule has 114 valence electrons. The van der Waals surface area contributed by atoms with Gasteiger partial charge in [0.15, 0.2) is 0 Å². The Kier molecular flexibility index (Phi) is 4.53. The van der Waals surface area contributed by atoms with Gasteiger partial charge in [0.2, 0.25) is 12.3 Å². The van der Waals surface area contributed by atoms with Gasteiger partial charge in [-0.2, -0.15) is 0 Å². The highest BCUT2D eigenvalue weighted by atomic mass is 32.1. The Labute approximate surface area is 129 Å². The Bertz CT molecular complexity index is 497. The van der Waals surface area contributed by atoms with E-state index in [4.69, 9.17) is 0 Å². The third kappa shape index (κ3) is 3.43. The molecule has 0 N–H and O–H groups in total. The largest absolute Gasteiger partial charge is 0.342 e. The fourth-order valence-corrected chi connectivity index (χ4v) is 4.12. The first-order valence-electron chi connectivity index (χ1n) is 7.71. The summed E-state index contributed by atoms with van der Waals surface area (Å²) in [5.74, 6) is 0.189. The first kappa shape index (κ1) is 14.5. The number of carbonyl (C=O) groups excluding carboxylic acids is 2. The number of carbonyl (C=O) groups is 2. The molecule has 1 saturated heterocycles. The summed E-state index contributed by atoms with van der Waals surface area (Å²) in [6.07, 6.45) is 6.94. The van der Waals surface area contributed by atoms with Crippen LogP contribution in [0.15, 0.2) is 0 Å². The number of aryl methyl sites for hydroxylation is 3. The second-order valence-electron chi connectivity index (χ2n) is 5.71. The molecule has 1 aromatic rings. The highest BCUT2D eigenvalue weighted by Gasteiger charge is 2.21. The molecule has 6 heteroatoms. The summed E-state index contributed by atoms with van der Waals surface area (Å²) in [4.78, 5) is 32.6. The first-order chi connectivity index (χ1) is 10.3. The lowest BCUT2D eigenvalue weighted by molar-refractivity contribution is -0.135. The second-order valence-corrected chi connectivity index (χ2v) is 6.87. The maximum absolute atomic E-state index is 12.2. The van der Waals surface area contributed by atoms with E-state index in [2.05, 4.69) is 4.98 Å². The number of hydrogen-bond donors (Lipinski definition) is 0. The lowest BCUT2D eigenvalue weighted by Gasteiger charge is -2.32. The van der Waals surface area contributed by atoms with Crippen LogP contribution in [0.5, 0.6) is 0 Å². The van der Waals surface area contributed by atoms with Gasteiger partial charge in [-0.05, 0) is 25.7 Å². The van der Waals surface area contributed by atoms with E-state index < -0.39 is 0 Å². The van der Waals surface area contributed by atoms with E-state index >= 15 is 0 Å². The van der Waals surface area contributed by atoms with Crippen molar-refractivity contribution in [2.45, 2.75) is 38.5 Å². The molecule has 0 spiro atoms. The van der Waals surface area contributed by atoms with Crippen LogP contribution >= 0.6 is 11.3 Å². The lowest BCUT2D eigenvalue weighted by atomic mass is 10.0. The number of thiazole rings is 1. The monoisotopic (exact) mass is 307 g/mol. The molecule has 1 aromatic heterocycles. The van der Waals surface area contributed by atoms with Crippen LogP contribution in [0.2, 0.25) is 0 Å². The van der Waals surface area contributed by atoms with Crippen LogP contribution in [0, 0.1) is 0 Å². The molecular weight excluding hydrogens is 286 g/mol. The maximum Gasteiger partial charge on any atom is 0.223 e. The zero-order valence-corrected chi connectivity index (χ0v) is 13.0. The van der Waals surface area contributed by atoms with Crippen LogP contribution in [0.25, 0.3) is 0 Å². The van der Waals surface area contributed by atoms with Crippen molar-refractivity contribution in [2.24, 2.45) is 0 Å². The van der Waals surface area contributed by atoms with Gasteiger partial charge in [0.1, 0.15) is 0 Å². The predicted octanol–water partition coefficient (Wildman–Crippen LogP) is 1.26. The van der Waals surface area contributed by atoms with Crippen LogP contribution in [0.3, 0.4) is 0 Å². The molecule has 5 nitrogen and oxygen atoms in total. The number of fused-ring (bicyclic) bond motifs is 1. The Balaban J connectivity index is 1.49. The molecule has 0 saturated carbocycles. The molecule has 2 heterocycles. The van der Waals surface area contributed by atoms with E-state index in [0.29, 0.717) is 32.6 Å². The summed E-state index contributed by atoms with van der Waals surface area (Å²) in [5, 5.41) is 1.11. The second kappa shape index (κ2) is 6.56. The molecule has 2 aliphatic rings. The molecule has 1 aliphatic carbocycles. The summed E-state index contributed by atoms with van der Waals surface area (Å²) >= 11 is 1.79. The summed E-state index contributed by atoms with van der Waals surface area (Å²) in [7, 11) is 0. The maximum atomic E-state index is 12.2. The van der Waals surface area contributed by atoms with Crippen molar-refractivity contribution in [2.75, 3.05) is 26.2 Å². The van der Waals surface area contributed by atoms with Crippen molar-refractivity contribution in [3.63, 3.8) is 0 Å². The molecule has 1 aliphatic heterocycles. The number of aromatic nitrogens is 1. The molecule has 21 heavy (non-hydrogen) atoms. The summed E-state index contributed by atoms with van der Waals surface area (Å²) in [6.45, 7) is 2.62. The predicted molar refractivity (Wildman–Crippen MR) is 81.3 cm³/mol. The smallest absolute Gasteiger partial charge is 0.223 e. The van der Waals surface area contributed by atoms with Gasteiger partial charge < -0.3 is 9.80 Å². The van der Waals surface area contributed by atoms with Gasteiger partial charge in [-0.1, -0.05) is 0 Å². The van der Waals surface area contributed by atoms with Gasteiger partial charge in [-0.25, -0.2) is 4.98 Å². The molecule has 3 rings (SSSR count). The standard InChI is InChI=1S/C15H21N3O2S/c19-11-17-7-9-18(10-8-17)15(20)6-5-14-16-12-3-1-2-4-13(12)21-14/h11H,1-10H2. The average Bonchev–Trinajstić information content (AvgIpc) is 2.95. The Morgan fingerprint density at radius 3 is 2.67 bits per heavy atom. The van der Waals surface area contributed by atoms with Crippen LogP contribution in [-0.2, 0) is 28.9 Å². The molecule has 0 atom stereocenters. The highest BCUT2D eigenvalue weighted by molar-refractivity contribution is 7.11. The molecule has 1 fully saturated rings. The fourth-order valence-electron chi connectivity index (χ4n) is 2.96. The third-order valence-electron chi connectivity index (χ3n) is 4.26. The number of nitrogens with zero attached hydrogens (tertiary/aromatic N) is 3. The minimum atomic E-state index is 0.189. The Morgan fingerprint density at radius 1 is 1.19 bits per heavy atom. The van der Waals surface area contributed by atoms with Gasteiger partial charge in [-0.3, -0.25) is 9.59 Å². The van der Waals surface area contributed by atoms with Crippen LogP contribution in [0.4, 0.5) is 0 Å². The minimum absolute atomic E-state index is 0.189. The summed E-state index contributed by atoms with van der Waals surface area (Å²) in [5.41, 5.74) is 1.27. The van der Waals surface area contributed by atoms with Crippen molar-refractivity contribution in [1.82, 2.24) is 14.8 Å². The fraction of sp³-hybridized carbons (Fsp3) is 0.667. The number of hydrogen-bond acceptors (Lipinski definition) is 4. The third-order valence-corrected chi connectivity index (χ3v) is 5.48. The van der Waals surface area contributed by atoms with Crippen molar-refractivity contribution < 1.29 is 9.59 Å². The lowest BCUT2D eigenvalue weighted by Crippen LogP contribution is -2.48. The molecule has 0 unspecified atom stereocenters. The Morgan fingerprint density at radius 2 is 1.95 bits per heavy atom.